The van der Waals surface area contributed by atoms with Crippen molar-refractivity contribution in [2.45, 2.75) is 6.92 Å². The Kier molecular flexibility index (Phi) is 1.60. The maximum atomic E-state index is 10.9. The predicted octanol–water partition coefficient (Wildman–Crippen LogP) is 0.603. The molecule has 13 heavy (non-hydrogen) atoms. The van der Waals surface area contributed by atoms with Gasteiger partial charge in [-0.3, -0.25) is 0 Å². The van der Waals surface area contributed by atoms with Crippen LogP contribution in [0.15, 0.2) is 16.1 Å². The van der Waals surface area contributed by atoms with Crippen LogP contribution in [0.5, 0.6) is 0 Å². The van der Waals surface area contributed by atoms with E-state index in [-0.39, 0.29) is 0 Å². The number of hydrogen-bond donors (Lipinski definition) is 1. The molecule has 2 amide bonds. The van der Waals surface area contributed by atoms with Gasteiger partial charge >= 0.3 is 6.03 Å². The molecule has 2 rings (SSSR count). The molecule has 0 unspecified atom stereocenters. The summed E-state index contributed by atoms with van der Waals surface area (Å²) in [6.45, 7) is 1.78. The summed E-state index contributed by atoms with van der Waals surface area (Å²) in [5.74, 6) is 0. The van der Waals surface area contributed by atoms with Crippen molar-refractivity contribution in [3.8, 4) is 0 Å². The van der Waals surface area contributed by atoms with Gasteiger partial charge in [0.1, 0.15) is 10.7 Å². The van der Waals surface area contributed by atoms with Gasteiger partial charge in [-0.05, 0) is 13.0 Å². The number of fused-ring (bicyclic) bond motifs is 1. The summed E-state index contributed by atoms with van der Waals surface area (Å²) in [6.07, 6.45) is 0. The molecule has 1 aliphatic rings. The number of benzene rings is 1. The number of amides is 2. The third-order valence-corrected chi connectivity index (χ3v) is 2.22. The average Bonchev–Trinajstić information content (AvgIpc) is 2.44. The lowest BCUT2D eigenvalue weighted by atomic mass is 10.2. The van der Waals surface area contributed by atoms with Crippen LogP contribution in [0.25, 0.3) is 0 Å². The lowest BCUT2D eigenvalue weighted by Crippen LogP contribution is -2.26. The molecule has 1 heterocycles. The highest BCUT2D eigenvalue weighted by Crippen LogP contribution is 2.10. The highest BCUT2D eigenvalue weighted by Gasteiger charge is 2.12. The number of anilines is 1. The Balaban J connectivity index is 3.02. The summed E-state index contributed by atoms with van der Waals surface area (Å²) in [5.41, 5.74) is 6.91. The van der Waals surface area contributed by atoms with Crippen molar-refractivity contribution in [3.63, 3.8) is 0 Å². The first kappa shape index (κ1) is 8.19. The second kappa shape index (κ2) is 2.53. The predicted molar refractivity (Wildman–Crippen MR) is 48.3 cm³/mol. The average molecular weight is 196 g/mol. The molecule has 5 heteroatoms. The van der Waals surface area contributed by atoms with Crippen molar-refractivity contribution >= 4 is 23.3 Å². The Morgan fingerprint density at radius 3 is 2.69 bits per heavy atom. The van der Waals surface area contributed by atoms with Crippen LogP contribution in [-0.2, 0) is 0 Å². The number of urea groups is 1. The number of carbonyl (C=O) groups is 1. The van der Waals surface area contributed by atoms with E-state index in [1.165, 1.54) is 0 Å². The lowest BCUT2D eigenvalue weighted by Gasteiger charge is -1.98. The highest BCUT2D eigenvalue weighted by atomic mass is 35.5. The summed E-state index contributed by atoms with van der Waals surface area (Å²) in [6, 6.07) is 1.05. The largest absolute Gasteiger partial charge is 0.398 e. The SMILES string of the molecule is Cc1c(N)cc(Cl)c2c1=NC(=O)N=2. The van der Waals surface area contributed by atoms with Crippen LogP contribution in [0.3, 0.4) is 0 Å². The van der Waals surface area contributed by atoms with E-state index in [9.17, 15) is 4.79 Å². The second-order valence-electron chi connectivity index (χ2n) is 2.78. The van der Waals surface area contributed by atoms with Gasteiger partial charge in [0.25, 0.3) is 0 Å². The molecule has 4 nitrogen and oxygen atoms in total. The monoisotopic (exact) mass is 195 g/mol. The van der Waals surface area contributed by atoms with Crippen LogP contribution in [0.1, 0.15) is 5.56 Å². The fraction of sp³-hybridized carbons (Fsp3) is 0.125. The first-order valence-electron chi connectivity index (χ1n) is 3.65. The van der Waals surface area contributed by atoms with Gasteiger partial charge in [0, 0.05) is 11.3 Å². The summed E-state index contributed by atoms with van der Waals surface area (Å²) in [5, 5.41) is 1.29. The molecule has 66 valence electrons. The van der Waals surface area contributed by atoms with Crippen LogP contribution >= 0.6 is 11.6 Å². The van der Waals surface area contributed by atoms with Crippen molar-refractivity contribution in [1.82, 2.24) is 0 Å². The minimum Gasteiger partial charge on any atom is -0.398 e. The van der Waals surface area contributed by atoms with Crippen LogP contribution in [0.2, 0.25) is 5.02 Å². The van der Waals surface area contributed by atoms with Crippen molar-refractivity contribution in [3.05, 3.63) is 27.4 Å². The Morgan fingerprint density at radius 1 is 1.38 bits per heavy atom. The number of nitrogen functional groups attached to an aromatic ring is 1. The van der Waals surface area contributed by atoms with Gasteiger partial charge in [0.15, 0.2) is 0 Å². The molecule has 1 aliphatic heterocycles. The van der Waals surface area contributed by atoms with Crippen LogP contribution in [-0.4, -0.2) is 6.03 Å². The van der Waals surface area contributed by atoms with Crippen LogP contribution in [0, 0.1) is 6.92 Å². The molecule has 1 aromatic carbocycles. The van der Waals surface area contributed by atoms with Gasteiger partial charge in [0.05, 0.1) is 5.02 Å². The van der Waals surface area contributed by atoms with Gasteiger partial charge < -0.3 is 5.73 Å². The van der Waals surface area contributed by atoms with Crippen LogP contribution < -0.4 is 16.4 Å². The van der Waals surface area contributed by atoms with E-state index in [0.29, 0.717) is 21.4 Å². The zero-order valence-electron chi connectivity index (χ0n) is 6.84. The van der Waals surface area contributed by atoms with Gasteiger partial charge in [-0.15, -0.1) is 0 Å². The Morgan fingerprint density at radius 2 is 2.00 bits per heavy atom. The van der Waals surface area contributed by atoms with Crippen molar-refractivity contribution < 1.29 is 4.79 Å². The van der Waals surface area contributed by atoms with E-state index in [1.807, 2.05) is 0 Å². The molecule has 0 radical (unpaired) electrons. The fourth-order valence-electron chi connectivity index (χ4n) is 1.20. The van der Waals surface area contributed by atoms with E-state index in [4.69, 9.17) is 17.3 Å². The van der Waals surface area contributed by atoms with Crippen molar-refractivity contribution in [2.75, 3.05) is 5.73 Å². The number of hydrogen-bond acceptors (Lipinski definition) is 2. The summed E-state index contributed by atoms with van der Waals surface area (Å²) >= 11 is 5.83. The Bertz CT molecular complexity index is 521. The van der Waals surface area contributed by atoms with Gasteiger partial charge in [0.2, 0.25) is 0 Å². The maximum Gasteiger partial charge on any atom is 0.368 e. The molecule has 2 N–H and O–H groups in total. The van der Waals surface area contributed by atoms with E-state index < -0.39 is 6.03 Å². The molecule has 0 bridgehead atoms. The molecular weight excluding hydrogens is 190 g/mol. The standard InChI is InChI=1S/C8H6ClN3O/c1-3-5(10)2-4(9)7-6(3)11-8(13)12-7/h2H,10H2,1H3. The molecule has 0 fully saturated rings. The first-order chi connectivity index (χ1) is 6.09. The molecule has 0 aromatic heterocycles. The number of halogens is 1. The topological polar surface area (TPSA) is 67.8 Å². The van der Waals surface area contributed by atoms with E-state index in [2.05, 4.69) is 9.98 Å². The smallest absolute Gasteiger partial charge is 0.368 e. The molecule has 0 saturated heterocycles. The molecule has 1 aromatic rings. The number of nitrogens with two attached hydrogens (primary N) is 1. The molecule has 0 spiro atoms. The number of nitrogens with zero attached hydrogens (tertiary/aromatic N) is 2. The molecular formula is C8H6ClN3O. The Hall–Kier alpha value is -1.42. The first-order valence-corrected chi connectivity index (χ1v) is 4.03. The summed E-state index contributed by atoms with van der Waals surface area (Å²) in [7, 11) is 0. The lowest BCUT2D eigenvalue weighted by molar-refractivity contribution is 0.256. The fourth-order valence-corrected chi connectivity index (χ4v) is 1.45. The van der Waals surface area contributed by atoms with E-state index in [0.717, 1.165) is 5.56 Å². The number of rotatable bonds is 0. The summed E-state index contributed by atoms with van der Waals surface area (Å²) < 4.78 is 0. The van der Waals surface area contributed by atoms with Crippen molar-refractivity contribution in [1.29, 1.82) is 0 Å². The van der Waals surface area contributed by atoms with E-state index in [1.54, 1.807) is 13.0 Å². The third-order valence-electron chi connectivity index (χ3n) is 1.94. The maximum absolute atomic E-state index is 10.9. The molecule has 0 atom stereocenters. The molecule has 0 saturated carbocycles. The minimum absolute atomic E-state index is 0.368. The van der Waals surface area contributed by atoms with Crippen molar-refractivity contribution in [2.24, 2.45) is 9.98 Å². The Labute approximate surface area is 78.8 Å². The van der Waals surface area contributed by atoms with Gasteiger partial charge in [-0.2, -0.15) is 9.98 Å². The molecule has 0 aliphatic carbocycles. The third kappa shape index (κ3) is 1.10. The van der Waals surface area contributed by atoms with Gasteiger partial charge in [-0.1, -0.05) is 11.6 Å². The van der Waals surface area contributed by atoms with Crippen LogP contribution in [0.4, 0.5) is 10.5 Å². The quantitative estimate of drug-likeness (QED) is 0.616. The minimum atomic E-state index is -0.523. The van der Waals surface area contributed by atoms with E-state index >= 15 is 0 Å². The second-order valence-corrected chi connectivity index (χ2v) is 3.18. The highest BCUT2D eigenvalue weighted by molar-refractivity contribution is 6.30. The normalized spacial score (nSPS) is 13.5. The summed E-state index contributed by atoms with van der Waals surface area (Å²) in [4.78, 5) is 18.2. The zero-order chi connectivity index (χ0) is 9.59. The zero-order valence-corrected chi connectivity index (χ0v) is 7.59. The number of carbonyl (C=O) groups excluding carboxylic acids is 1. The van der Waals surface area contributed by atoms with Gasteiger partial charge in [-0.25, -0.2) is 4.79 Å².